The van der Waals surface area contributed by atoms with Crippen LogP contribution in [0.5, 0.6) is 11.5 Å². The van der Waals surface area contributed by atoms with Crippen molar-refractivity contribution < 1.29 is 38.3 Å². The number of ether oxygens (including phenoxy) is 2. The van der Waals surface area contributed by atoms with Gasteiger partial charge >= 0.3 is 0 Å². The predicted molar refractivity (Wildman–Crippen MR) is 228 cm³/mol. The van der Waals surface area contributed by atoms with Crippen molar-refractivity contribution >= 4 is 63.5 Å². The molecule has 0 aliphatic rings. The Bertz CT molecular complexity index is 2720. The number of hydrogen-bond acceptors (Lipinski definition) is 12. The van der Waals surface area contributed by atoms with Crippen LogP contribution in [0.25, 0.3) is 22.1 Å². The number of fused-ring (bicyclic) bond motifs is 2. The summed E-state index contributed by atoms with van der Waals surface area (Å²) < 4.78 is 18.4. The molecule has 6 N–H and O–H groups in total. The van der Waals surface area contributed by atoms with E-state index in [0.717, 1.165) is 5.06 Å². The van der Waals surface area contributed by atoms with Crippen LogP contribution < -0.4 is 31.6 Å². The number of amides is 5. The lowest BCUT2D eigenvalue weighted by Gasteiger charge is -2.15. The molecular weight excluding hydrogens is 803 g/mol. The van der Waals surface area contributed by atoms with Crippen molar-refractivity contribution in [3.8, 4) is 11.5 Å². The lowest BCUT2D eigenvalue weighted by molar-refractivity contribution is -0.168. The quantitative estimate of drug-likeness (QED) is 0.0518. The zero-order valence-electron chi connectivity index (χ0n) is 35.5. The summed E-state index contributed by atoms with van der Waals surface area (Å²) in [5, 5.41) is 15.7. The number of hydrogen-bond donors (Lipinski definition) is 4. The van der Waals surface area contributed by atoms with E-state index in [1.54, 1.807) is 50.6 Å². The van der Waals surface area contributed by atoms with Crippen LogP contribution >= 0.6 is 0 Å². The number of rotatable bonds is 19. The Morgan fingerprint density at radius 2 is 1.19 bits per heavy atom. The summed E-state index contributed by atoms with van der Waals surface area (Å²) in [5.74, 6) is -1.77. The van der Waals surface area contributed by atoms with Gasteiger partial charge in [-0.05, 0) is 70.5 Å². The van der Waals surface area contributed by atoms with E-state index >= 15 is 0 Å². The predicted octanol–water partition coefficient (Wildman–Crippen LogP) is 3.58. The number of carbonyl (C=O) groups is 5. The lowest BCUT2D eigenvalue weighted by atomic mass is 10.1. The number of primary amides is 2. The second kappa shape index (κ2) is 18.8. The van der Waals surface area contributed by atoms with Crippen LogP contribution in [-0.2, 0) is 35.8 Å². The highest BCUT2D eigenvalue weighted by Gasteiger charge is 2.24. The molecule has 5 amide bonds. The first-order chi connectivity index (χ1) is 29.7. The van der Waals surface area contributed by atoms with E-state index in [1.165, 1.54) is 45.5 Å². The number of nitrogens with zero attached hydrogens (tertiary/aromatic N) is 9. The Kier molecular flexibility index (Phi) is 13.3. The van der Waals surface area contributed by atoms with Crippen molar-refractivity contribution in [1.29, 1.82) is 0 Å². The van der Waals surface area contributed by atoms with E-state index in [2.05, 4.69) is 25.8 Å². The number of aromatic nitrogens is 8. The van der Waals surface area contributed by atoms with Crippen molar-refractivity contribution in [3.05, 3.63) is 82.5 Å². The summed E-state index contributed by atoms with van der Waals surface area (Å²) in [6.07, 6.45) is 4.05. The highest BCUT2D eigenvalue weighted by atomic mass is 16.7. The van der Waals surface area contributed by atoms with Gasteiger partial charge in [-0.1, -0.05) is 12.2 Å². The summed E-state index contributed by atoms with van der Waals surface area (Å²) in [4.78, 5) is 78.9. The van der Waals surface area contributed by atoms with Gasteiger partial charge in [0.2, 0.25) is 29.6 Å². The van der Waals surface area contributed by atoms with E-state index in [0.29, 0.717) is 70.1 Å². The third-order valence-corrected chi connectivity index (χ3v) is 9.88. The van der Waals surface area contributed by atoms with Crippen molar-refractivity contribution in [1.82, 2.24) is 43.7 Å². The zero-order chi connectivity index (χ0) is 44.8. The molecule has 0 fully saturated rings. The van der Waals surface area contributed by atoms with E-state index in [9.17, 15) is 24.0 Å². The number of carbonyl (C=O) groups excluding carboxylic acids is 5. The van der Waals surface area contributed by atoms with Crippen molar-refractivity contribution in [3.63, 3.8) is 0 Å². The molecule has 6 aromatic rings. The van der Waals surface area contributed by atoms with Crippen LogP contribution in [0.3, 0.4) is 0 Å². The Morgan fingerprint density at radius 1 is 0.726 bits per heavy atom. The summed E-state index contributed by atoms with van der Waals surface area (Å²) in [7, 11) is 4.34. The molecule has 0 radical (unpaired) electrons. The van der Waals surface area contributed by atoms with Gasteiger partial charge in [0.25, 0.3) is 11.8 Å². The van der Waals surface area contributed by atoms with Gasteiger partial charge < -0.3 is 30.1 Å². The molecule has 2 aromatic carbocycles. The van der Waals surface area contributed by atoms with Gasteiger partial charge in [-0.15, -0.1) is 0 Å². The SMILES string of the molecule is CCn1nc(C)cc1C(=O)Nc1nc2cc(C(N)=O)cc(OC)c2n1C/C=C/Cn1c(NC(=O)c2cc(C)nn2CC)nc2cc(C(N)=O)cc(OCCCC(=O)N(C)OC)c21. The summed E-state index contributed by atoms with van der Waals surface area (Å²) in [5.41, 5.74) is 15.1. The van der Waals surface area contributed by atoms with Crippen LogP contribution in [-0.4, -0.2) is 101 Å². The Balaban J connectivity index is 1.40. The minimum Gasteiger partial charge on any atom is -0.494 e. The Morgan fingerprint density at radius 3 is 1.63 bits per heavy atom. The lowest BCUT2D eigenvalue weighted by Crippen LogP contribution is -2.25. The number of hydroxylamine groups is 2. The molecular formula is C41H49N13O8. The van der Waals surface area contributed by atoms with E-state index < -0.39 is 23.6 Å². The zero-order valence-corrected chi connectivity index (χ0v) is 35.5. The number of aryl methyl sites for hydroxylation is 4. The number of allylic oxidation sites excluding steroid dienone is 2. The van der Waals surface area contributed by atoms with Gasteiger partial charge in [0.15, 0.2) is 0 Å². The maximum absolute atomic E-state index is 13.8. The van der Waals surface area contributed by atoms with E-state index in [-0.39, 0.29) is 60.8 Å². The topological polar surface area (TPSA) is 264 Å². The maximum Gasteiger partial charge on any atom is 0.276 e. The van der Waals surface area contributed by atoms with Gasteiger partial charge in [0.05, 0.1) is 43.2 Å². The number of benzene rings is 2. The first-order valence-electron chi connectivity index (χ1n) is 19.7. The molecule has 0 saturated carbocycles. The Hall–Kier alpha value is -7.55. The van der Waals surface area contributed by atoms with Crippen LogP contribution in [0.1, 0.15) is 79.8 Å². The molecule has 6 rings (SSSR count). The molecule has 0 atom stereocenters. The first-order valence-corrected chi connectivity index (χ1v) is 19.7. The molecule has 0 spiro atoms. The van der Waals surface area contributed by atoms with E-state index in [4.69, 9.17) is 30.8 Å². The molecule has 0 aliphatic carbocycles. The molecule has 4 aromatic heterocycles. The largest absolute Gasteiger partial charge is 0.494 e. The van der Waals surface area contributed by atoms with Gasteiger partial charge in [-0.25, -0.2) is 15.0 Å². The van der Waals surface area contributed by atoms with Gasteiger partial charge in [0.1, 0.15) is 33.9 Å². The third-order valence-electron chi connectivity index (χ3n) is 9.88. The molecule has 0 bridgehead atoms. The van der Waals surface area contributed by atoms with Crippen LogP contribution in [0, 0.1) is 13.8 Å². The number of nitrogens with two attached hydrogens (primary N) is 2. The molecule has 21 heteroatoms. The van der Waals surface area contributed by atoms with Gasteiger partial charge in [0, 0.05) is 50.8 Å². The molecule has 62 heavy (non-hydrogen) atoms. The monoisotopic (exact) mass is 851 g/mol. The average molecular weight is 852 g/mol. The summed E-state index contributed by atoms with van der Waals surface area (Å²) >= 11 is 0. The minimum absolute atomic E-state index is 0.0817. The molecule has 0 aliphatic heterocycles. The van der Waals surface area contributed by atoms with Crippen LogP contribution in [0.15, 0.2) is 48.6 Å². The maximum atomic E-state index is 13.8. The fourth-order valence-corrected chi connectivity index (χ4v) is 6.85. The fourth-order valence-electron chi connectivity index (χ4n) is 6.85. The average Bonchev–Trinajstić information content (AvgIpc) is 4.02. The second-order valence-corrected chi connectivity index (χ2v) is 14.1. The van der Waals surface area contributed by atoms with E-state index in [1.807, 2.05) is 19.9 Å². The van der Waals surface area contributed by atoms with Crippen LogP contribution in [0.4, 0.5) is 11.9 Å². The highest BCUT2D eigenvalue weighted by molar-refractivity contribution is 6.05. The van der Waals surface area contributed by atoms with Crippen LogP contribution in [0.2, 0.25) is 0 Å². The number of methoxy groups -OCH3 is 1. The molecule has 4 heterocycles. The van der Waals surface area contributed by atoms with Gasteiger partial charge in [-0.3, -0.25) is 48.8 Å². The first kappa shape index (κ1) is 44.0. The number of nitrogens with one attached hydrogen (secondary N) is 2. The van der Waals surface area contributed by atoms with Crippen molar-refractivity contribution in [2.45, 2.75) is 66.7 Å². The second-order valence-electron chi connectivity index (χ2n) is 14.1. The Labute approximate surface area is 355 Å². The molecule has 326 valence electrons. The number of imidazole rings is 2. The molecule has 0 saturated heterocycles. The van der Waals surface area contributed by atoms with Gasteiger partial charge in [-0.2, -0.15) is 10.2 Å². The normalized spacial score (nSPS) is 11.4. The highest BCUT2D eigenvalue weighted by Crippen LogP contribution is 2.33. The van der Waals surface area contributed by atoms with Crippen molar-refractivity contribution in [2.24, 2.45) is 11.5 Å². The standard InChI is InChI=1S/C41H49N13O8/c1-8-53-29(17-23(3)48-53)38(58)46-40-44-27-19-25(36(42)56)21-31(60-6)34(27)51(40)14-10-11-15-52-35-28(45-41(52)47-39(59)30-18-24(4)49-54(30)9-2)20-26(37(43)57)22-32(35)62-16-12-13-33(55)50(5)61-7/h10-11,17-22H,8-9,12-16H2,1-7H3,(H2,42,56)(H2,43,57)(H,44,46,58)(H,45,47,59)/b11-10+. The summed E-state index contributed by atoms with van der Waals surface area (Å²) in [6, 6.07) is 9.34. The van der Waals surface area contributed by atoms with Crippen molar-refractivity contribution in [2.75, 3.05) is 38.5 Å². The number of anilines is 2. The smallest absolute Gasteiger partial charge is 0.276 e. The minimum atomic E-state index is -0.723. The third kappa shape index (κ3) is 9.26. The summed E-state index contributed by atoms with van der Waals surface area (Å²) in [6.45, 7) is 8.54. The molecule has 21 nitrogen and oxygen atoms in total. The molecule has 0 unspecified atom stereocenters. The fraction of sp³-hybridized carbons (Fsp3) is 0.341.